The van der Waals surface area contributed by atoms with Gasteiger partial charge in [-0.2, -0.15) is 0 Å². The number of nitrogens with zero attached hydrogens (tertiary/aromatic N) is 2. The summed E-state index contributed by atoms with van der Waals surface area (Å²) in [6.45, 7) is 4.13. The van der Waals surface area contributed by atoms with Crippen molar-refractivity contribution in [1.82, 2.24) is 9.97 Å². The number of nitrogen functional groups attached to an aromatic ring is 1. The number of hydrogen-bond acceptors (Lipinski definition) is 3. The topological polar surface area (TPSA) is 51.8 Å². The molecule has 3 rings (SSSR count). The molecule has 0 spiro atoms. The van der Waals surface area contributed by atoms with Gasteiger partial charge in [-0.25, -0.2) is 9.97 Å². The minimum absolute atomic E-state index is 0.401. The Bertz CT molecular complexity index is 634. The van der Waals surface area contributed by atoms with Gasteiger partial charge in [0, 0.05) is 17.2 Å². The molecule has 3 nitrogen and oxygen atoms in total. The number of benzene rings is 1. The SMILES string of the molecule is CCc1nc(C2CCc3ccccc3C2)nc(N)c1C. The van der Waals surface area contributed by atoms with Crippen LogP contribution in [0.15, 0.2) is 24.3 Å². The lowest BCUT2D eigenvalue weighted by Gasteiger charge is -2.24. The molecule has 1 unspecified atom stereocenters. The van der Waals surface area contributed by atoms with Crippen LogP contribution in [-0.2, 0) is 19.3 Å². The lowest BCUT2D eigenvalue weighted by molar-refractivity contribution is 0.552. The summed E-state index contributed by atoms with van der Waals surface area (Å²) in [6.07, 6.45) is 4.17. The number of aromatic nitrogens is 2. The molecule has 1 aromatic carbocycles. The Labute approximate surface area is 120 Å². The van der Waals surface area contributed by atoms with Crippen LogP contribution in [0, 0.1) is 6.92 Å². The third-order valence-electron chi connectivity index (χ3n) is 4.35. The van der Waals surface area contributed by atoms with Gasteiger partial charge in [-0.05, 0) is 43.7 Å². The van der Waals surface area contributed by atoms with Crippen molar-refractivity contribution >= 4 is 5.82 Å². The highest BCUT2D eigenvalue weighted by Gasteiger charge is 2.23. The Hall–Kier alpha value is -1.90. The molecule has 1 aliphatic carbocycles. The van der Waals surface area contributed by atoms with Gasteiger partial charge < -0.3 is 5.73 Å². The first-order valence-electron chi connectivity index (χ1n) is 7.38. The first kappa shape index (κ1) is 13.1. The predicted octanol–water partition coefficient (Wildman–Crippen LogP) is 3.20. The van der Waals surface area contributed by atoms with Gasteiger partial charge in [-0.1, -0.05) is 31.2 Å². The van der Waals surface area contributed by atoms with Gasteiger partial charge in [0.25, 0.3) is 0 Å². The van der Waals surface area contributed by atoms with Crippen molar-refractivity contribution in [2.24, 2.45) is 0 Å². The Balaban J connectivity index is 1.93. The number of rotatable bonds is 2. The van der Waals surface area contributed by atoms with Crippen LogP contribution in [0.2, 0.25) is 0 Å². The first-order chi connectivity index (χ1) is 9.69. The van der Waals surface area contributed by atoms with E-state index in [4.69, 9.17) is 10.7 Å². The molecule has 1 aromatic heterocycles. The Morgan fingerprint density at radius 2 is 1.95 bits per heavy atom. The summed E-state index contributed by atoms with van der Waals surface area (Å²) in [7, 11) is 0. The molecule has 0 saturated heterocycles. The second-order valence-electron chi connectivity index (χ2n) is 5.60. The van der Waals surface area contributed by atoms with E-state index in [9.17, 15) is 0 Å². The number of fused-ring (bicyclic) bond motifs is 1. The van der Waals surface area contributed by atoms with E-state index >= 15 is 0 Å². The van der Waals surface area contributed by atoms with Crippen molar-refractivity contribution in [2.75, 3.05) is 5.73 Å². The summed E-state index contributed by atoms with van der Waals surface area (Å²) < 4.78 is 0. The largest absolute Gasteiger partial charge is 0.383 e. The Morgan fingerprint density at radius 1 is 1.20 bits per heavy atom. The summed E-state index contributed by atoms with van der Waals surface area (Å²) >= 11 is 0. The average Bonchev–Trinajstić information content (AvgIpc) is 2.49. The van der Waals surface area contributed by atoms with Crippen LogP contribution in [0.1, 0.15) is 47.5 Å². The summed E-state index contributed by atoms with van der Waals surface area (Å²) in [5, 5.41) is 0. The molecule has 0 amide bonds. The monoisotopic (exact) mass is 267 g/mol. The molecule has 0 saturated carbocycles. The maximum atomic E-state index is 6.05. The van der Waals surface area contributed by atoms with E-state index in [2.05, 4.69) is 36.2 Å². The summed E-state index contributed by atoms with van der Waals surface area (Å²) in [6, 6.07) is 8.69. The molecule has 1 aliphatic rings. The van der Waals surface area contributed by atoms with Crippen molar-refractivity contribution in [3.05, 3.63) is 52.5 Å². The van der Waals surface area contributed by atoms with Crippen molar-refractivity contribution in [1.29, 1.82) is 0 Å². The summed E-state index contributed by atoms with van der Waals surface area (Å²) in [4.78, 5) is 9.30. The molecule has 0 bridgehead atoms. The highest BCUT2D eigenvalue weighted by atomic mass is 15.0. The molecule has 2 aromatic rings. The summed E-state index contributed by atoms with van der Waals surface area (Å²) in [5.74, 6) is 1.98. The van der Waals surface area contributed by atoms with Crippen LogP contribution >= 0.6 is 0 Å². The molecule has 0 fully saturated rings. The smallest absolute Gasteiger partial charge is 0.134 e. The highest BCUT2D eigenvalue weighted by molar-refractivity contribution is 5.42. The van der Waals surface area contributed by atoms with Crippen LogP contribution in [0.3, 0.4) is 0 Å². The fraction of sp³-hybridized carbons (Fsp3) is 0.412. The number of anilines is 1. The van der Waals surface area contributed by atoms with Crippen LogP contribution in [0.25, 0.3) is 0 Å². The minimum atomic E-state index is 0.401. The van der Waals surface area contributed by atoms with Crippen molar-refractivity contribution in [3.63, 3.8) is 0 Å². The molecule has 2 N–H and O–H groups in total. The molecular weight excluding hydrogens is 246 g/mol. The van der Waals surface area contributed by atoms with Crippen LogP contribution < -0.4 is 5.73 Å². The first-order valence-corrected chi connectivity index (χ1v) is 7.38. The van der Waals surface area contributed by atoms with Crippen LogP contribution in [0.4, 0.5) is 5.82 Å². The molecule has 0 aliphatic heterocycles. The van der Waals surface area contributed by atoms with Crippen molar-refractivity contribution in [2.45, 2.75) is 45.4 Å². The third-order valence-corrected chi connectivity index (χ3v) is 4.35. The van der Waals surface area contributed by atoms with Gasteiger partial charge in [0.2, 0.25) is 0 Å². The second kappa shape index (κ2) is 5.23. The Morgan fingerprint density at radius 3 is 2.70 bits per heavy atom. The Kier molecular flexibility index (Phi) is 3.43. The summed E-state index contributed by atoms with van der Waals surface area (Å²) in [5.41, 5.74) is 11.1. The zero-order valence-electron chi connectivity index (χ0n) is 12.2. The number of aryl methyl sites for hydroxylation is 2. The van der Waals surface area contributed by atoms with Gasteiger partial charge in [0.05, 0.1) is 0 Å². The van der Waals surface area contributed by atoms with Gasteiger partial charge >= 0.3 is 0 Å². The zero-order valence-corrected chi connectivity index (χ0v) is 12.2. The lowest BCUT2D eigenvalue weighted by atomic mass is 9.83. The van der Waals surface area contributed by atoms with Crippen molar-refractivity contribution < 1.29 is 0 Å². The normalized spacial score (nSPS) is 17.8. The van der Waals surface area contributed by atoms with E-state index in [1.165, 1.54) is 11.1 Å². The second-order valence-corrected chi connectivity index (χ2v) is 5.60. The molecule has 1 heterocycles. The van der Waals surface area contributed by atoms with Gasteiger partial charge in [-0.15, -0.1) is 0 Å². The van der Waals surface area contributed by atoms with Gasteiger partial charge in [0.1, 0.15) is 11.6 Å². The number of hydrogen-bond donors (Lipinski definition) is 1. The van der Waals surface area contributed by atoms with E-state index in [1.54, 1.807) is 0 Å². The van der Waals surface area contributed by atoms with E-state index in [1.807, 2.05) is 6.92 Å². The zero-order chi connectivity index (χ0) is 14.1. The molecule has 3 heteroatoms. The molecular formula is C17H21N3. The van der Waals surface area contributed by atoms with E-state index in [0.717, 1.165) is 42.8 Å². The van der Waals surface area contributed by atoms with E-state index in [-0.39, 0.29) is 0 Å². The van der Waals surface area contributed by atoms with Gasteiger partial charge in [0.15, 0.2) is 0 Å². The standard InChI is InChI=1S/C17H21N3/c1-3-15-11(2)16(18)20-17(19-15)14-9-8-12-6-4-5-7-13(12)10-14/h4-7,14H,3,8-10H2,1-2H3,(H2,18,19,20). The predicted molar refractivity (Wildman–Crippen MR) is 81.8 cm³/mol. The maximum Gasteiger partial charge on any atom is 0.134 e. The van der Waals surface area contributed by atoms with Crippen molar-refractivity contribution in [3.8, 4) is 0 Å². The maximum absolute atomic E-state index is 6.05. The van der Waals surface area contributed by atoms with Crippen LogP contribution in [-0.4, -0.2) is 9.97 Å². The third kappa shape index (κ3) is 2.28. The molecule has 1 atom stereocenters. The number of nitrogens with two attached hydrogens (primary N) is 1. The van der Waals surface area contributed by atoms with Gasteiger partial charge in [-0.3, -0.25) is 0 Å². The average molecular weight is 267 g/mol. The molecule has 0 radical (unpaired) electrons. The minimum Gasteiger partial charge on any atom is -0.383 e. The fourth-order valence-electron chi connectivity index (χ4n) is 3.05. The fourth-order valence-corrected chi connectivity index (χ4v) is 3.05. The van der Waals surface area contributed by atoms with E-state index < -0.39 is 0 Å². The molecule has 20 heavy (non-hydrogen) atoms. The molecule has 104 valence electrons. The quantitative estimate of drug-likeness (QED) is 0.909. The van der Waals surface area contributed by atoms with E-state index in [0.29, 0.717) is 11.7 Å². The highest BCUT2D eigenvalue weighted by Crippen LogP contribution is 2.31. The van der Waals surface area contributed by atoms with Crippen LogP contribution in [0.5, 0.6) is 0 Å². The lowest BCUT2D eigenvalue weighted by Crippen LogP contribution is -2.17.